The lowest BCUT2D eigenvalue weighted by molar-refractivity contribution is 0.0587. The predicted octanol–water partition coefficient (Wildman–Crippen LogP) is 0.0808. The van der Waals surface area contributed by atoms with Crippen molar-refractivity contribution in [2.45, 2.75) is 36.2 Å². The number of ether oxygens (including phenoxy) is 1. The lowest BCUT2D eigenvalue weighted by Crippen LogP contribution is -2.52. The van der Waals surface area contributed by atoms with E-state index in [0.717, 1.165) is 12.8 Å². The number of carbonyl (C=O) groups excluding carboxylic acids is 1. The Morgan fingerprint density at radius 3 is 2.40 bits per heavy atom. The Labute approximate surface area is 177 Å². The molecule has 1 amide bonds. The molecule has 1 saturated carbocycles. The number of piperazine rings is 1. The van der Waals surface area contributed by atoms with Crippen LogP contribution in [0, 0.1) is 0 Å². The number of benzene rings is 1. The fraction of sp³-hybridized carbons (Fsp3) is 0.632. The molecule has 3 fully saturated rings. The average Bonchev–Trinajstić information content (AvgIpc) is 3.45. The number of nitrogens with zero attached hydrogens (tertiary/aromatic N) is 2. The summed E-state index contributed by atoms with van der Waals surface area (Å²) < 4.78 is 56.6. The van der Waals surface area contributed by atoms with Gasteiger partial charge in [0.2, 0.25) is 10.0 Å². The third-order valence-electron chi connectivity index (χ3n) is 5.93. The number of amides is 1. The van der Waals surface area contributed by atoms with E-state index in [1.807, 2.05) is 0 Å². The monoisotopic (exact) mass is 457 g/mol. The largest absolute Gasteiger partial charge is 0.495 e. The summed E-state index contributed by atoms with van der Waals surface area (Å²) in [5, 5.41) is 0. The van der Waals surface area contributed by atoms with Crippen LogP contribution in [0.25, 0.3) is 0 Å². The summed E-state index contributed by atoms with van der Waals surface area (Å²) >= 11 is 0. The number of nitrogens with one attached hydrogen (secondary N) is 1. The average molecular weight is 458 g/mol. The zero-order chi connectivity index (χ0) is 21.5. The van der Waals surface area contributed by atoms with Gasteiger partial charge < -0.3 is 9.64 Å². The van der Waals surface area contributed by atoms with E-state index < -0.39 is 19.9 Å². The summed E-state index contributed by atoms with van der Waals surface area (Å²) in [6.45, 7) is 2.17. The molecular weight excluding hydrogens is 430 g/mol. The van der Waals surface area contributed by atoms with E-state index in [4.69, 9.17) is 4.74 Å². The second-order valence-corrected chi connectivity index (χ2v) is 12.1. The molecule has 1 aromatic rings. The molecule has 0 spiro atoms. The van der Waals surface area contributed by atoms with Gasteiger partial charge in [-0.2, -0.15) is 0 Å². The minimum atomic E-state index is -3.77. The summed E-state index contributed by atoms with van der Waals surface area (Å²) in [5.41, 5.74) is 0.295. The van der Waals surface area contributed by atoms with Crippen molar-refractivity contribution in [2.24, 2.45) is 0 Å². The molecule has 11 heteroatoms. The van der Waals surface area contributed by atoms with Gasteiger partial charge in [-0.25, -0.2) is 21.6 Å². The Morgan fingerprint density at radius 2 is 1.83 bits per heavy atom. The number of sulfone groups is 1. The highest BCUT2D eigenvalue weighted by atomic mass is 32.2. The third kappa shape index (κ3) is 4.63. The van der Waals surface area contributed by atoms with E-state index in [1.165, 1.54) is 19.2 Å². The summed E-state index contributed by atoms with van der Waals surface area (Å²) in [5.74, 6) is 0.384. The van der Waals surface area contributed by atoms with Crippen molar-refractivity contribution in [3.8, 4) is 5.75 Å². The van der Waals surface area contributed by atoms with E-state index >= 15 is 0 Å². The first-order valence-corrected chi connectivity index (χ1v) is 13.4. The highest BCUT2D eigenvalue weighted by Gasteiger charge is 2.35. The van der Waals surface area contributed by atoms with Crippen molar-refractivity contribution in [1.29, 1.82) is 0 Å². The molecule has 1 N–H and O–H groups in total. The maximum absolute atomic E-state index is 13.0. The molecule has 0 radical (unpaired) electrons. The fourth-order valence-corrected chi connectivity index (χ4v) is 7.30. The highest BCUT2D eigenvalue weighted by Crippen LogP contribution is 2.29. The van der Waals surface area contributed by atoms with Gasteiger partial charge in [-0.3, -0.25) is 9.69 Å². The van der Waals surface area contributed by atoms with Crippen LogP contribution in [0.5, 0.6) is 5.75 Å². The maximum atomic E-state index is 13.0. The number of hydrogen-bond acceptors (Lipinski definition) is 7. The van der Waals surface area contributed by atoms with Gasteiger partial charge in [0, 0.05) is 43.8 Å². The second-order valence-electron chi connectivity index (χ2n) is 8.15. The minimum Gasteiger partial charge on any atom is -0.495 e. The van der Waals surface area contributed by atoms with Gasteiger partial charge in [0.05, 0.1) is 18.6 Å². The van der Waals surface area contributed by atoms with Crippen LogP contribution < -0.4 is 9.46 Å². The molecule has 1 aromatic carbocycles. The summed E-state index contributed by atoms with van der Waals surface area (Å²) in [4.78, 5) is 16.8. The molecule has 0 aromatic heterocycles. The van der Waals surface area contributed by atoms with Crippen LogP contribution in [0.4, 0.5) is 0 Å². The quantitative estimate of drug-likeness (QED) is 0.644. The van der Waals surface area contributed by atoms with Gasteiger partial charge in [-0.15, -0.1) is 0 Å². The first-order chi connectivity index (χ1) is 14.2. The summed E-state index contributed by atoms with van der Waals surface area (Å²) in [7, 11) is -5.31. The van der Waals surface area contributed by atoms with Gasteiger partial charge in [0.15, 0.2) is 9.84 Å². The van der Waals surface area contributed by atoms with Gasteiger partial charge in [-0.05, 0) is 37.5 Å². The Balaban J connectivity index is 1.45. The number of methoxy groups -OCH3 is 1. The third-order valence-corrected chi connectivity index (χ3v) is 9.22. The summed E-state index contributed by atoms with van der Waals surface area (Å²) in [6, 6.07) is 4.44. The van der Waals surface area contributed by atoms with Crippen molar-refractivity contribution < 1.29 is 26.4 Å². The molecule has 2 saturated heterocycles. The van der Waals surface area contributed by atoms with Crippen molar-refractivity contribution in [3.63, 3.8) is 0 Å². The number of rotatable bonds is 6. The van der Waals surface area contributed by atoms with Gasteiger partial charge in [0.1, 0.15) is 10.6 Å². The first-order valence-electron chi connectivity index (χ1n) is 10.1. The standard InChI is InChI=1S/C19H27N3O6S2/c1-28-17-5-2-14(12-18(17)30(26,27)20-15-3-4-15)19(23)22-9-7-21(8-10-22)16-6-11-29(24,25)13-16/h2,5,12,15-16,20H,3-4,6-11,13H2,1H3/t16-/m1/s1. The maximum Gasteiger partial charge on any atom is 0.253 e. The van der Waals surface area contributed by atoms with Gasteiger partial charge >= 0.3 is 0 Å². The van der Waals surface area contributed by atoms with Crippen LogP contribution in [0.15, 0.2) is 23.1 Å². The molecule has 0 unspecified atom stereocenters. The van der Waals surface area contributed by atoms with E-state index in [-0.39, 0.29) is 40.1 Å². The molecule has 4 rings (SSSR count). The normalized spacial score (nSPS) is 24.7. The molecule has 1 aliphatic carbocycles. The van der Waals surface area contributed by atoms with Crippen LogP contribution in [0.1, 0.15) is 29.6 Å². The zero-order valence-corrected chi connectivity index (χ0v) is 18.5. The molecule has 3 aliphatic rings. The van der Waals surface area contributed by atoms with E-state index in [0.29, 0.717) is 38.2 Å². The molecule has 0 bridgehead atoms. The van der Waals surface area contributed by atoms with Crippen LogP contribution in [0.3, 0.4) is 0 Å². The molecule has 9 nitrogen and oxygen atoms in total. The lowest BCUT2D eigenvalue weighted by atomic mass is 10.1. The van der Waals surface area contributed by atoms with E-state index in [2.05, 4.69) is 9.62 Å². The number of carbonyl (C=O) groups is 1. The second kappa shape index (κ2) is 8.10. The number of sulfonamides is 1. The lowest BCUT2D eigenvalue weighted by Gasteiger charge is -2.37. The van der Waals surface area contributed by atoms with Crippen molar-refractivity contribution in [1.82, 2.24) is 14.5 Å². The Hall–Kier alpha value is -1.69. The number of hydrogen-bond donors (Lipinski definition) is 1. The predicted molar refractivity (Wildman–Crippen MR) is 111 cm³/mol. The molecule has 30 heavy (non-hydrogen) atoms. The van der Waals surface area contributed by atoms with Crippen LogP contribution in [-0.2, 0) is 19.9 Å². The van der Waals surface area contributed by atoms with Crippen LogP contribution >= 0.6 is 0 Å². The minimum absolute atomic E-state index is 0.0264. The molecular formula is C19H27N3O6S2. The smallest absolute Gasteiger partial charge is 0.253 e. The van der Waals surface area contributed by atoms with Crippen molar-refractivity contribution in [3.05, 3.63) is 23.8 Å². The first kappa shape index (κ1) is 21.5. The van der Waals surface area contributed by atoms with Crippen molar-refractivity contribution in [2.75, 3.05) is 44.8 Å². The zero-order valence-electron chi connectivity index (χ0n) is 16.9. The Bertz CT molecular complexity index is 1030. The molecule has 2 aliphatic heterocycles. The van der Waals surface area contributed by atoms with Gasteiger partial charge in [0.25, 0.3) is 5.91 Å². The van der Waals surface area contributed by atoms with E-state index in [9.17, 15) is 21.6 Å². The highest BCUT2D eigenvalue weighted by molar-refractivity contribution is 7.91. The Kier molecular flexibility index (Phi) is 5.82. The topological polar surface area (TPSA) is 113 Å². The van der Waals surface area contributed by atoms with Crippen molar-refractivity contribution >= 4 is 25.8 Å². The van der Waals surface area contributed by atoms with E-state index in [1.54, 1.807) is 11.0 Å². The molecule has 2 heterocycles. The molecule has 166 valence electrons. The summed E-state index contributed by atoms with van der Waals surface area (Å²) in [6.07, 6.45) is 2.27. The fourth-order valence-electron chi connectivity index (χ4n) is 4.04. The van der Waals surface area contributed by atoms with Gasteiger partial charge in [-0.1, -0.05) is 0 Å². The molecule has 1 atom stereocenters. The van der Waals surface area contributed by atoms with Crippen LogP contribution in [0.2, 0.25) is 0 Å². The SMILES string of the molecule is COc1ccc(C(=O)N2CCN([C@@H]3CCS(=O)(=O)C3)CC2)cc1S(=O)(=O)NC1CC1. The van der Waals surface area contributed by atoms with Crippen LogP contribution in [-0.4, -0.2) is 89.4 Å². The Morgan fingerprint density at radius 1 is 1.13 bits per heavy atom.